The Morgan fingerprint density at radius 2 is 1.67 bits per heavy atom. The molecule has 0 aromatic heterocycles. The van der Waals surface area contributed by atoms with Crippen LogP contribution >= 0.6 is 0 Å². The normalized spacial score (nSPS) is 13.2. The van der Waals surface area contributed by atoms with E-state index in [9.17, 15) is 4.79 Å². The van der Waals surface area contributed by atoms with E-state index in [2.05, 4.69) is 13.8 Å². The van der Waals surface area contributed by atoms with Gasteiger partial charge < -0.3 is 0 Å². The molecule has 0 amide bonds. The van der Waals surface area contributed by atoms with E-state index in [0.29, 0.717) is 0 Å². The number of rotatable bonds is 10. The zero-order valence-electron chi connectivity index (χ0n) is 10.4. The molecule has 0 aromatic carbocycles. The van der Waals surface area contributed by atoms with Gasteiger partial charge in [-0.1, -0.05) is 64.9 Å². The third kappa shape index (κ3) is 9.71. The number of hydrogen-bond acceptors (Lipinski definition) is 1. The summed E-state index contributed by atoms with van der Waals surface area (Å²) >= 11 is 0. The second-order valence-electron chi connectivity index (χ2n) is 4.30. The van der Waals surface area contributed by atoms with Crippen LogP contribution in [0.1, 0.15) is 65.2 Å². The van der Waals surface area contributed by atoms with E-state index in [4.69, 9.17) is 0 Å². The van der Waals surface area contributed by atoms with Gasteiger partial charge in [0.15, 0.2) is 0 Å². The Kier molecular flexibility index (Phi) is 11.0. The highest BCUT2D eigenvalue weighted by molar-refractivity contribution is 5.64. The molecule has 0 heterocycles. The molecule has 0 spiro atoms. The van der Waals surface area contributed by atoms with Crippen LogP contribution in [0.25, 0.3) is 0 Å². The summed E-state index contributed by atoms with van der Waals surface area (Å²) < 4.78 is 0. The summed E-state index contributed by atoms with van der Waals surface area (Å²) in [5, 5.41) is 0. The lowest BCUT2D eigenvalue weighted by atomic mass is 9.92. The Bertz CT molecular complexity index is 161. The Morgan fingerprint density at radius 3 is 2.27 bits per heavy atom. The van der Waals surface area contributed by atoms with Gasteiger partial charge in [0, 0.05) is 0 Å². The van der Waals surface area contributed by atoms with E-state index in [0.717, 1.165) is 18.6 Å². The number of hydrogen-bond donors (Lipinski definition) is 0. The van der Waals surface area contributed by atoms with Crippen LogP contribution in [0.5, 0.6) is 0 Å². The number of unbranched alkanes of at least 4 members (excludes halogenated alkanes) is 3. The fraction of sp³-hybridized carbons (Fsp3) is 0.786. The summed E-state index contributed by atoms with van der Waals surface area (Å²) in [4.78, 5) is 10.2. The van der Waals surface area contributed by atoms with Crippen LogP contribution in [0.4, 0.5) is 0 Å². The first-order valence-electron chi connectivity index (χ1n) is 6.45. The minimum Gasteiger partial charge on any atom is -0.299 e. The second kappa shape index (κ2) is 11.5. The quantitative estimate of drug-likeness (QED) is 0.294. The van der Waals surface area contributed by atoms with Gasteiger partial charge >= 0.3 is 0 Å². The summed E-state index contributed by atoms with van der Waals surface area (Å²) in [6, 6.07) is 0. The third-order valence-electron chi connectivity index (χ3n) is 2.87. The molecule has 88 valence electrons. The van der Waals surface area contributed by atoms with E-state index >= 15 is 0 Å². The van der Waals surface area contributed by atoms with E-state index in [1.54, 1.807) is 6.08 Å². The van der Waals surface area contributed by atoms with Crippen LogP contribution in [-0.2, 0) is 4.79 Å². The maximum absolute atomic E-state index is 10.2. The largest absolute Gasteiger partial charge is 0.299 e. The number of carbonyl (C=O) groups excluding carboxylic acids is 1. The highest BCUT2D eigenvalue weighted by Crippen LogP contribution is 2.20. The van der Waals surface area contributed by atoms with E-state index in [1.807, 2.05) is 6.08 Å². The van der Waals surface area contributed by atoms with E-state index in [1.165, 1.54) is 44.9 Å². The fourth-order valence-electron chi connectivity index (χ4n) is 1.88. The van der Waals surface area contributed by atoms with Crippen LogP contribution in [-0.4, -0.2) is 6.29 Å². The van der Waals surface area contributed by atoms with Crippen molar-refractivity contribution in [1.82, 2.24) is 0 Å². The average molecular weight is 210 g/mol. The van der Waals surface area contributed by atoms with Crippen molar-refractivity contribution in [3.05, 3.63) is 12.2 Å². The summed E-state index contributed by atoms with van der Waals surface area (Å²) in [6.45, 7) is 4.48. The molecule has 0 N–H and O–H groups in total. The lowest BCUT2D eigenvalue weighted by Crippen LogP contribution is -1.99. The number of allylic oxidation sites excluding steroid dienone is 2. The van der Waals surface area contributed by atoms with Crippen LogP contribution in [0.15, 0.2) is 12.2 Å². The second-order valence-corrected chi connectivity index (χ2v) is 4.30. The van der Waals surface area contributed by atoms with Crippen molar-refractivity contribution >= 4 is 6.29 Å². The molecule has 0 aliphatic carbocycles. The molecule has 1 atom stereocenters. The molecule has 0 aliphatic rings. The van der Waals surface area contributed by atoms with Gasteiger partial charge in [0.2, 0.25) is 0 Å². The minimum absolute atomic E-state index is 0.799. The first-order chi connectivity index (χ1) is 7.35. The van der Waals surface area contributed by atoms with Gasteiger partial charge in [0.1, 0.15) is 6.29 Å². The Balaban J connectivity index is 3.72. The number of aldehydes is 1. The van der Waals surface area contributed by atoms with Crippen LogP contribution in [0.3, 0.4) is 0 Å². The van der Waals surface area contributed by atoms with Crippen molar-refractivity contribution in [2.45, 2.75) is 65.2 Å². The zero-order chi connectivity index (χ0) is 11.4. The molecule has 0 bridgehead atoms. The van der Waals surface area contributed by atoms with Gasteiger partial charge in [-0.2, -0.15) is 0 Å². The Morgan fingerprint density at radius 1 is 1.00 bits per heavy atom. The fourth-order valence-corrected chi connectivity index (χ4v) is 1.88. The summed E-state index contributed by atoms with van der Waals surface area (Å²) in [6.07, 6.45) is 14.9. The van der Waals surface area contributed by atoms with Gasteiger partial charge in [-0.05, 0) is 18.4 Å². The van der Waals surface area contributed by atoms with E-state index < -0.39 is 0 Å². The van der Waals surface area contributed by atoms with Gasteiger partial charge in [0.25, 0.3) is 0 Å². The lowest BCUT2D eigenvalue weighted by molar-refractivity contribution is -0.104. The van der Waals surface area contributed by atoms with Crippen molar-refractivity contribution in [2.24, 2.45) is 5.92 Å². The molecule has 0 saturated carbocycles. The molecular formula is C14H26O. The molecule has 0 aromatic rings. The average Bonchev–Trinajstić information content (AvgIpc) is 2.25. The van der Waals surface area contributed by atoms with Crippen LogP contribution in [0, 0.1) is 5.92 Å². The van der Waals surface area contributed by atoms with Gasteiger partial charge in [0.05, 0.1) is 0 Å². The Hall–Kier alpha value is -0.590. The van der Waals surface area contributed by atoms with Crippen molar-refractivity contribution in [3.63, 3.8) is 0 Å². The third-order valence-corrected chi connectivity index (χ3v) is 2.87. The zero-order valence-corrected chi connectivity index (χ0v) is 10.4. The minimum atomic E-state index is 0.799. The molecule has 1 heteroatoms. The smallest absolute Gasteiger partial charge is 0.142 e. The molecule has 1 unspecified atom stereocenters. The molecule has 15 heavy (non-hydrogen) atoms. The summed E-state index contributed by atoms with van der Waals surface area (Å²) in [5.74, 6) is 0.799. The molecular weight excluding hydrogens is 184 g/mol. The highest BCUT2D eigenvalue weighted by atomic mass is 16.1. The number of carbonyl (C=O) groups is 1. The molecule has 0 saturated heterocycles. The first kappa shape index (κ1) is 14.4. The predicted octanol–water partition coefficient (Wildman–Crippen LogP) is 4.52. The SMILES string of the molecule is CCCCCC(C/C=C\C=O)CCCC. The topological polar surface area (TPSA) is 17.1 Å². The maximum Gasteiger partial charge on any atom is 0.142 e. The van der Waals surface area contributed by atoms with Crippen molar-refractivity contribution in [3.8, 4) is 0 Å². The van der Waals surface area contributed by atoms with Crippen molar-refractivity contribution in [2.75, 3.05) is 0 Å². The standard InChI is InChI=1S/C14H26O/c1-3-5-7-11-14(10-6-4-2)12-8-9-13-15/h8-9,13-14H,3-7,10-12H2,1-2H3/b9-8-. The van der Waals surface area contributed by atoms with Crippen molar-refractivity contribution in [1.29, 1.82) is 0 Å². The molecule has 0 rings (SSSR count). The summed E-state index contributed by atoms with van der Waals surface area (Å²) in [7, 11) is 0. The monoisotopic (exact) mass is 210 g/mol. The van der Waals surface area contributed by atoms with Crippen LogP contribution < -0.4 is 0 Å². The van der Waals surface area contributed by atoms with E-state index in [-0.39, 0.29) is 0 Å². The maximum atomic E-state index is 10.2. The Labute approximate surface area is 95.0 Å². The van der Waals surface area contributed by atoms with Gasteiger partial charge in [-0.15, -0.1) is 0 Å². The van der Waals surface area contributed by atoms with Crippen LogP contribution in [0.2, 0.25) is 0 Å². The van der Waals surface area contributed by atoms with Gasteiger partial charge in [-0.25, -0.2) is 0 Å². The predicted molar refractivity (Wildman–Crippen MR) is 67.0 cm³/mol. The molecule has 0 fully saturated rings. The van der Waals surface area contributed by atoms with Crippen molar-refractivity contribution < 1.29 is 4.79 Å². The van der Waals surface area contributed by atoms with Gasteiger partial charge in [-0.3, -0.25) is 4.79 Å². The molecule has 0 aliphatic heterocycles. The molecule has 1 nitrogen and oxygen atoms in total. The summed E-state index contributed by atoms with van der Waals surface area (Å²) in [5.41, 5.74) is 0. The lowest BCUT2D eigenvalue weighted by Gasteiger charge is -2.13. The highest BCUT2D eigenvalue weighted by Gasteiger charge is 2.05. The molecule has 0 radical (unpaired) electrons. The first-order valence-corrected chi connectivity index (χ1v) is 6.45.